The van der Waals surface area contributed by atoms with Crippen LogP contribution < -0.4 is 0 Å². The molecule has 4 nitrogen and oxygen atoms in total. The molecule has 0 aromatic heterocycles. The number of aliphatic hydroxyl groups excluding tert-OH is 1. The zero-order valence-electron chi connectivity index (χ0n) is 16.8. The first-order valence-electron chi connectivity index (χ1n) is 9.12. The monoisotopic (exact) mass is 366 g/mol. The van der Waals surface area contributed by atoms with Crippen LogP contribution in [0.25, 0.3) is 0 Å². The molecule has 2 atom stereocenters. The molecule has 1 unspecified atom stereocenters. The summed E-state index contributed by atoms with van der Waals surface area (Å²) in [5.74, 6) is -0.546. The molecule has 1 saturated heterocycles. The standard InChI is InChI=1S/C20H34O4Si/c1-19(2,3)25(6,7)23-13-15-8-10-16(11-9-15)18(21)12-17-14-22-20(4,5)24-17/h8-11,17-18,21H,12-14H2,1-7H3/t17-,18?/m1/s1. The second-order valence-electron chi connectivity index (χ2n) is 8.99. The first-order chi connectivity index (χ1) is 11.4. The molecule has 1 aromatic carbocycles. The van der Waals surface area contributed by atoms with E-state index in [1.165, 1.54) is 0 Å². The SMILES string of the molecule is CC1(C)OC[C@@H](CC(O)c2ccc(CO[Si](C)(C)C(C)(C)C)cc2)O1. The summed E-state index contributed by atoms with van der Waals surface area (Å²) in [6.45, 7) is 16.2. The van der Waals surface area contributed by atoms with Gasteiger partial charge in [0.25, 0.3) is 0 Å². The van der Waals surface area contributed by atoms with Crippen molar-refractivity contribution in [1.29, 1.82) is 0 Å². The van der Waals surface area contributed by atoms with E-state index >= 15 is 0 Å². The molecule has 0 amide bonds. The van der Waals surface area contributed by atoms with E-state index in [0.29, 0.717) is 19.6 Å². The van der Waals surface area contributed by atoms with Crippen molar-refractivity contribution >= 4 is 8.32 Å². The molecule has 142 valence electrons. The van der Waals surface area contributed by atoms with E-state index in [2.05, 4.69) is 33.9 Å². The van der Waals surface area contributed by atoms with Crippen LogP contribution in [0.2, 0.25) is 18.1 Å². The Morgan fingerprint density at radius 2 is 1.84 bits per heavy atom. The molecule has 0 spiro atoms. The number of ether oxygens (including phenoxy) is 2. The highest BCUT2D eigenvalue weighted by Gasteiger charge is 2.37. The van der Waals surface area contributed by atoms with Gasteiger partial charge in [-0.25, -0.2) is 0 Å². The summed E-state index contributed by atoms with van der Waals surface area (Å²) in [4.78, 5) is 0. The fourth-order valence-electron chi connectivity index (χ4n) is 2.58. The van der Waals surface area contributed by atoms with Crippen LogP contribution in [0.3, 0.4) is 0 Å². The molecule has 1 aliphatic rings. The van der Waals surface area contributed by atoms with Crippen molar-refractivity contribution in [3.63, 3.8) is 0 Å². The molecular weight excluding hydrogens is 332 g/mol. The lowest BCUT2D eigenvalue weighted by Gasteiger charge is -2.36. The van der Waals surface area contributed by atoms with Gasteiger partial charge in [0.15, 0.2) is 14.1 Å². The van der Waals surface area contributed by atoms with Gasteiger partial charge >= 0.3 is 0 Å². The minimum Gasteiger partial charge on any atom is -0.413 e. The average Bonchev–Trinajstić information content (AvgIpc) is 2.83. The summed E-state index contributed by atoms with van der Waals surface area (Å²) >= 11 is 0. The molecule has 25 heavy (non-hydrogen) atoms. The molecule has 1 aliphatic heterocycles. The quantitative estimate of drug-likeness (QED) is 0.736. The van der Waals surface area contributed by atoms with E-state index in [0.717, 1.165) is 11.1 Å². The molecule has 1 fully saturated rings. The summed E-state index contributed by atoms with van der Waals surface area (Å²) in [5, 5.41) is 10.7. The topological polar surface area (TPSA) is 47.9 Å². The Labute approximate surface area is 153 Å². The number of hydrogen-bond acceptors (Lipinski definition) is 4. The summed E-state index contributed by atoms with van der Waals surface area (Å²) < 4.78 is 17.6. The van der Waals surface area contributed by atoms with Gasteiger partial charge in [-0.3, -0.25) is 0 Å². The first kappa shape index (κ1) is 20.6. The summed E-state index contributed by atoms with van der Waals surface area (Å²) in [7, 11) is -1.74. The van der Waals surface area contributed by atoms with Crippen LogP contribution >= 0.6 is 0 Å². The van der Waals surface area contributed by atoms with Crippen molar-refractivity contribution in [3.05, 3.63) is 35.4 Å². The van der Waals surface area contributed by atoms with Crippen molar-refractivity contribution < 1.29 is 19.0 Å². The molecule has 0 bridgehead atoms. The van der Waals surface area contributed by atoms with Crippen LogP contribution in [0.15, 0.2) is 24.3 Å². The predicted molar refractivity (Wildman–Crippen MR) is 103 cm³/mol. The van der Waals surface area contributed by atoms with Gasteiger partial charge in [-0.05, 0) is 43.1 Å². The van der Waals surface area contributed by atoms with Crippen molar-refractivity contribution in [2.45, 2.75) is 83.8 Å². The zero-order chi connectivity index (χ0) is 18.9. The highest BCUT2D eigenvalue weighted by molar-refractivity contribution is 6.74. The van der Waals surface area contributed by atoms with E-state index in [1.807, 2.05) is 38.1 Å². The first-order valence-corrected chi connectivity index (χ1v) is 12.0. The van der Waals surface area contributed by atoms with Gasteiger partial charge in [0.05, 0.1) is 25.4 Å². The van der Waals surface area contributed by atoms with Gasteiger partial charge in [0.2, 0.25) is 0 Å². The number of aliphatic hydroxyl groups is 1. The van der Waals surface area contributed by atoms with Crippen molar-refractivity contribution in [3.8, 4) is 0 Å². The van der Waals surface area contributed by atoms with Crippen molar-refractivity contribution in [1.82, 2.24) is 0 Å². The average molecular weight is 367 g/mol. The summed E-state index contributed by atoms with van der Waals surface area (Å²) in [6.07, 6.45) is -0.0621. The predicted octanol–water partition coefficient (Wildman–Crippen LogP) is 4.78. The van der Waals surface area contributed by atoms with Gasteiger partial charge in [-0.1, -0.05) is 45.0 Å². The number of hydrogen-bond donors (Lipinski definition) is 1. The smallest absolute Gasteiger partial charge is 0.192 e. The van der Waals surface area contributed by atoms with Crippen LogP contribution in [0, 0.1) is 0 Å². The lowest BCUT2D eigenvalue weighted by Crippen LogP contribution is -2.40. The summed E-state index contributed by atoms with van der Waals surface area (Å²) in [5.41, 5.74) is 2.05. The molecule has 1 N–H and O–H groups in total. The van der Waals surface area contributed by atoms with Gasteiger partial charge in [0.1, 0.15) is 0 Å². The highest BCUT2D eigenvalue weighted by atomic mass is 28.4. The lowest BCUT2D eigenvalue weighted by atomic mass is 10.0. The third-order valence-electron chi connectivity index (χ3n) is 5.32. The number of benzene rings is 1. The maximum atomic E-state index is 10.4. The highest BCUT2D eigenvalue weighted by Crippen LogP contribution is 2.37. The van der Waals surface area contributed by atoms with Gasteiger partial charge in [0, 0.05) is 6.42 Å². The second kappa shape index (κ2) is 7.49. The van der Waals surface area contributed by atoms with Crippen molar-refractivity contribution in [2.75, 3.05) is 6.61 Å². The van der Waals surface area contributed by atoms with Crippen LogP contribution in [0.4, 0.5) is 0 Å². The van der Waals surface area contributed by atoms with Crippen LogP contribution in [0.5, 0.6) is 0 Å². The molecule has 5 heteroatoms. The maximum absolute atomic E-state index is 10.4. The molecule has 1 heterocycles. The van der Waals surface area contributed by atoms with Crippen molar-refractivity contribution in [2.24, 2.45) is 0 Å². The fourth-order valence-corrected chi connectivity index (χ4v) is 3.54. The number of rotatable bonds is 6. The Balaban J connectivity index is 1.89. The zero-order valence-corrected chi connectivity index (χ0v) is 17.8. The van der Waals surface area contributed by atoms with Gasteiger partial charge in [-0.2, -0.15) is 0 Å². The Hall–Kier alpha value is -0.723. The molecule has 2 rings (SSSR count). The second-order valence-corrected chi connectivity index (χ2v) is 13.8. The Morgan fingerprint density at radius 3 is 2.32 bits per heavy atom. The minimum absolute atomic E-state index is 0.0633. The molecule has 0 radical (unpaired) electrons. The van der Waals surface area contributed by atoms with E-state index in [9.17, 15) is 5.11 Å². The lowest BCUT2D eigenvalue weighted by molar-refractivity contribution is -0.141. The third kappa shape index (κ3) is 5.63. The summed E-state index contributed by atoms with van der Waals surface area (Å²) in [6, 6.07) is 8.05. The van der Waals surface area contributed by atoms with Gasteiger partial charge in [-0.15, -0.1) is 0 Å². The van der Waals surface area contributed by atoms with Crippen LogP contribution in [0.1, 0.15) is 58.3 Å². The Bertz CT molecular complexity index is 560. The van der Waals surface area contributed by atoms with E-state index in [-0.39, 0.29) is 11.1 Å². The fraction of sp³-hybridized carbons (Fsp3) is 0.700. The molecular formula is C20H34O4Si. The van der Waals surface area contributed by atoms with Crippen LogP contribution in [-0.4, -0.2) is 31.9 Å². The molecule has 0 aliphatic carbocycles. The Kier molecular flexibility index (Phi) is 6.17. The Morgan fingerprint density at radius 1 is 1.24 bits per heavy atom. The maximum Gasteiger partial charge on any atom is 0.192 e. The van der Waals surface area contributed by atoms with Crippen LogP contribution in [-0.2, 0) is 20.5 Å². The molecule has 1 aromatic rings. The largest absolute Gasteiger partial charge is 0.413 e. The van der Waals surface area contributed by atoms with E-state index < -0.39 is 20.2 Å². The van der Waals surface area contributed by atoms with Gasteiger partial charge < -0.3 is 19.0 Å². The molecule has 0 saturated carbocycles. The van der Waals surface area contributed by atoms with E-state index in [1.54, 1.807) is 0 Å². The third-order valence-corrected chi connectivity index (χ3v) is 9.80. The van der Waals surface area contributed by atoms with E-state index in [4.69, 9.17) is 13.9 Å². The minimum atomic E-state index is -1.74. The normalized spacial score (nSPS) is 22.2.